The lowest BCUT2D eigenvalue weighted by Crippen LogP contribution is -1.93. The molecule has 0 amide bonds. The van der Waals surface area contributed by atoms with Crippen LogP contribution in [0.1, 0.15) is 22.3 Å². The van der Waals surface area contributed by atoms with Crippen LogP contribution in [0.25, 0.3) is 10.8 Å². The summed E-state index contributed by atoms with van der Waals surface area (Å²) in [5.74, 6) is 0. The van der Waals surface area contributed by atoms with E-state index in [1.807, 2.05) is 0 Å². The Labute approximate surface area is 90.9 Å². The van der Waals surface area contributed by atoms with Gasteiger partial charge < -0.3 is 5.73 Å². The van der Waals surface area contributed by atoms with E-state index < -0.39 is 0 Å². The molecule has 0 aliphatic carbocycles. The van der Waals surface area contributed by atoms with Gasteiger partial charge in [0.2, 0.25) is 0 Å². The van der Waals surface area contributed by atoms with Gasteiger partial charge in [0.1, 0.15) is 0 Å². The van der Waals surface area contributed by atoms with Crippen LogP contribution in [0.3, 0.4) is 0 Å². The van der Waals surface area contributed by atoms with Gasteiger partial charge in [-0.25, -0.2) is 0 Å². The number of rotatable bonds is 0. The monoisotopic (exact) mass is 199 g/mol. The Bertz CT molecular complexity index is 534. The van der Waals surface area contributed by atoms with Crippen molar-refractivity contribution in [2.75, 3.05) is 5.73 Å². The molecule has 0 saturated carbocycles. The summed E-state index contributed by atoms with van der Waals surface area (Å²) in [6.07, 6.45) is 0. The third kappa shape index (κ3) is 1.48. The van der Waals surface area contributed by atoms with Crippen LogP contribution in [0.5, 0.6) is 0 Å². The summed E-state index contributed by atoms with van der Waals surface area (Å²) >= 11 is 0. The Balaban J connectivity index is 2.93. The van der Waals surface area contributed by atoms with Gasteiger partial charge in [-0.2, -0.15) is 0 Å². The van der Waals surface area contributed by atoms with Crippen molar-refractivity contribution in [1.29, 1.82) is 0 Å². The van der Waals surface area contributed by atoms with Gasteiger partial charge in [-0.3, -0.25) is 0 Å². The van der Waals surface area contributed by atoms with Crippen LogP contribution < -0.4 is 5.73 Å². The van der Waals surface area contributed by atoms with Crippen LogP contribution in [0.2, 0.25) is 0 Å². The fourth-order valence-electron chi connectivity index (χ4n) is 2.03. The highest BCUT2D eigenvalue weighted by molar-refractivity contribution is 5.91. The van der Waals surface area contributed by atoms with E-state index in [0.29, 0.717) is 0 Å². The molecule has 0 fully saturated rings. The number of hydrogen-bond acceptors (Lipinski definition) is 1. The fourth-order valence-corrected chi connectivity index (χ4v) is 2.03. The zero-order chi connectivity index (χ0) is 11.2. The number of nitrogens with two attached hydrogens (primary N) is 1. The smallest absolute Gasteiger partial charge is 0.0350 e. The standard InChI is InChI=1S/C14H17N/c1-8-5-12-7-14(15)9(2)6-13(12)11(4)10(8)3/h5-7H,15H2,1-4H3. The van der Waals surface area contributed by atoms with Gasteiger partial charge in [0.25, 0.3) is 0 Å². The van der Waals surface area contributed by atoms with Crippen molar-refractivity contribution < 1.29 is 0 Å². The Hall–Kier alpha value is -1.50. The first-order chi connectivity index (χ1) is 7.00. The van der Waals surface area contributed by atoms with Gasteiger partial charge >= 0.3 is 0 Å². The molecule has 0 saturated heterocycles. The maximum Gasteiger partial charge on any atom is 0.0350 e. The molecular weight excluding hydrogens is 182 g/mol. The molecule has 1 heteroatoms. The molecule has 0 aliphatic heterocycles. The lowest BCUT2D eigenvalue weighted by molar-refractivity contribution is 1.29. The average Bonchev–Trinajstić information content (AvgIpc) is 2.19. The van der Waals surface area contributed by atoms with Crippen molar-refractivity contribution in [3.63, 3.8) is 0 Å². The van der Waals surface area contributed by atoms with Crippen molar-refractivity contribution >= 4 is 16.5 Å². The van der Waals surface area contributed by atoms with Crippen LogP contribution in [0.4, 0.5) is 5.69 Å². The number of fused-ring (bicyclic) bond motifs is 1. The number of anilines is 1. The molecule has 2 N–H and O–H groups in total. The van der Waals surface area contributed by atoms with E-state index in [0.717, 1.165) is 11.3 Å². The molecule has 0 bridgehead atoms. The van der Waals surface area contributed by atoms with Gasteiger partial charge in [0.05, 0.1) is 0 Å². The van der Waals surface area contributed by atoms with Crippen molar-refractivity contribution in [1.82, 2.24) is 0 Å². The Morgan fingerprint density at radius 2 is 1.47 bits per heavy atom. The van der Waals surface area contributed by atoms with Crippen LogP contribution in [-0.2, 0) is 0 Å². The Morgan fingerprint density at radius 3 is 2.13 bits per heavy atom. The highest BCUT2D eigenvalue weighted by Crippen LogP contribution is 2.28. The van der Waals surface area contributed by atoms with Crippen molar-refractivity contribution in [3.05, 3.63) is 40.5 Å². The molecule has 0 atom stereocenters. The lowest BCUT2D eigenvalue weighted by atomic mass is 9.95. The van der Waals surface area contributed by atoms with Crippen molar-refractivity contribution in [2.24, 2.45) is 0 Å². The summed E-state index contributed by atoms with van der Waals surface area (Å²) in [7, 11) is 0. The van der Waals surface area contributed by atoms with E-state index >= 15 is 0 Å². The molecule has 78 valence electrons. The van der Waals surface area contributed by atoms with Crippen molar-refractivity contribution in [2.45, 2.75) is 27.7 Å². The minimum Gasteiger partial charge on any atom is -0.398 e. The van der Waals surface area contributed by atoms with Gasteiger partial charge in [0.15, 0.2) is 0 Å². The van der Waals surface area contributed by atoms with Crippen LogP contribution in [0, 0.1) is 27.7 Å². The van der Waals surface area contributed by atoms with Crippen LogP contribution >= 0.6 is 0 Å². The molecule has 1 nitrogen and oxygen atoms in total. The molecule has 2 rings (SSSR count). The second-order valence-corrected chi connectivity index (χ2v) is 4.37. The minimum absolute atomic E-state index is 0.880. The fraction of sp³-hybridized carbons (Fsp3) is 0.286. The molecule has 2 aromatic carbocycles. The normalized spacial score (nSPS) is 10.9. The van der Waals surface area contributed by atoms with E-state index in [1.54, 1.807) is 0 Å². The molecule has 0 aromatic heterocycles. The van der Waals surface area contributed by atoms with E-state index in [2.05, 4.69) is 45.9 Å². The highest BCUT2D eigenvalue weighted by Gasteiger charge is 2.05. The summed E-state index contributed by atoms with van der Waals surface area (Å²) in [6, 6.07) is 6.48. The summed E-state index contributed by atoms with van der Waals surface area (Å²) in [4.78, 5) is 0. The number of hydrogen-bond donors (Lipinski definition) is 1. The summed E-state index contributed by atoms with van der Waals surface area (Å²) in [5, 5.41) is 2.57. The van der Waals surface area contributed by atoms with Crippen LogP contribution in [-0.4, -0.2) is 0 Å². The SMILES string of the molecule is Cc1cc2c(C)c(C)c(C)cc2cc1N. The zero-order valence-corrected chi connectivity index (χ0v) is 9.81. The molecule has 15 heavy (non-hydrogen) atoms. The van der Waals surface area contributed by atoms with Crippen LogP contribution in [0.15, 0.2) is 18.2 Å². The molecule has 0 radical (unpaired) electrons. The van der Waals surface area contributed by atoms with Gasteiger partial charge in [-0.05, 0) is 72.9 Å². The first kappa shape index (κ1) is 10.0. The maximum absolute atomic E-state index is 5.92. The average molecular weight is 199 g/mol. The van der Waals surface area contributed by atoms with E-state index in [1.165, 1.54) is 27.5 Å². The Morgan fingerprint density at radius 1 is 0.800 bits per heavy atom. The van der Waals surface area contributed by atoms with Crippen molar-refractivity contribution in [3.8, 4) is 0 Å². The molecule has 0 spiro atoms. The van der Waals surface area contributed by atoms with Gasteiger partial charge in [0, 0.05) is 5.69 Å². The zero-order valence-electron chi connectivity index (χ0n) is 9.81. The lowest BCUT2D eigenvalue weighted by Gasteiger charge is -2.11. The second-order valence-electron chi connectivity index (χ2n) is 4.37. The number of nitrogen functional groups attached to an aromatic ring is 1. The largest absolute Gasteiger partial charge is 0.398 e. The molecule has 0 unspecified atom stereocenters. The Kier molecular flexibility index (Phi) is 2.18. The molecule has 0 aliphatic rings. The third-order valence-corrected chi connectivity index (χ3v) is 3.37. The molecule has 0 heterocycles. The summed E-state index contributed by atoms with van der Waals surface area (Å²) < 4.78 is 0. The predicted octanol–water partition coefficient (Wildman–Crippen LogP) is 3.66. The van der Waals surface area contributed by atoms with Gasteiger partial charge in [-0.15, -0.1) is 0 Å². The summed E-state index contributed by atoms with van der Waals surface area (Å²) in [6.45, 7) is 8.57. The van der Waals surface area contributed by atoms with Gasteiger partial charge in [-0.1, -0.05) is 6.07 Å². The molecular formula is C14H17N. The first-order valence-corrected chi connectivity index (χ1v) is 5.27. The maximum atomic E-state index is 5.92. The van der Waals surface area contributed by atoms with E-state index in [4.69, 9.17) is 5.73 Å². The topological polar surface area (TPSA) is 26.0 Å². The van der Waals surface area contributed by atoms with E-state index in [9.17, 15) is 0 Å². The highest BCUT2D eigenvalue weighted by atomic mass is 14.5. The first-order valence-electron chi connectivity index (χ1n) is 5.27. The second kappa shape index (κ2) is 3.27. The molecule has 2 aromatic rings. The number of benzene rings is 2. The predicted molar refractivity (Wildman–Crippen MR) is 67.3 cm³/mol. The van der Waals surface area contributed by atoms with E-state index in [-0.39, 0.29) is 0 Å². The third-order valence-electron chi connectivity index (χ3n) is 3.37. The minimum atomic E-state index is 0.880. The quantitative estimate of drug-likeness (QED) is 0.644. The summed E-state index contributed by atoms with van der Waals surface area (Å²) in [5.41, 5.74) is 12.1. The number of aryl methyl sites for hydroxylation is 3.